The van der Waals surface area contributed by atoms with Gasteiger partial charge in [0.15, 0.2) is 28.8 Å². The number of hydrogen-bond donors (Lipinski definition) is 5. The first-order valence-corrected chi connectivity index (χ1v) is 10.4. The van der Waals surface area contributed by atoms with Crippen molar-refractivity contribution in [1.82, 2.24) is 0 Å². The minimum Gasteiger partial charge on any atom is -0.507 e. The van der Waals surface area contributed by atoms with Crippen LogP contribution in [0.1, 0.15) is 41.4 Å². The Morgan fingerprint density at radius 1 is 0.794 bits per heavy atom. The fourth-order valence-corrected chi connectivity index (χ4v) is 3.95. The lowest BCUT2D eigenvalue weighted by atomic mass is 9.84. The molecular weight excluding hydrogens is 444 g/mol. The monoisotopic (exact) mass is 466 g/mol. The summed E-state index contributed by atoms with van der Waals surface area (Å²) in [7, 11) is 0. The Morgan fingerprint density at radius 2 is 1.47 bits per heavy atom. The number of hydrogen-bond acceptors (Lipinski definition) is 9. The summed E-state index contributed by atoms with van der Waals surface area (Å²) in [6, 6.07) is 9.47. The van der Waals surface area contributed by atoms with Gasteiger partial charge in [-0.3, -0.25) is 4.79 Å². The second-order valence-electron chi connectivity index (χ2n) is 8.04. The summed E-state index contributed by atoms with van der Waals surface area (Å²) in [5.41, 5.74) is -0.204. The van der Waals surface area contributed by atoms with Crippen molar-refractivity contribution in [3.05, 3.63) is 87.2 Å². The highest BCUT2D eigenvalue weighted by atomic mass is 16.5. The zero-order chi connectivity index (χ0) is 24.6. The fraction of sp³-hybridized carbons (Fsp3) is 0.200. The molecule has 0 radical (unpaired) electrons. The van der Waals surface area contributed by atoms with Crippen LogP contribution in [0.25, 0.3) is 0 Å². The Kier molecular flexibility index (Phi) is 5.93. The van der Waals surface area contributed by atoms with E-state index in [9.17, 15) is 35.1 Å². The lowest BCUT2D eigenvalue weighted by molar-refractivity contribution is -0.121. The van der Waals surface area contributed by atoms with Gasteiger partial charge in [-0.1, -0.05) is 12.1 Å². The number of phenols is 4. The average Bonchev–Trinajstić information content (AvgIpc) is 2.77. The van der Waals surface area contributed by atoms with Crippen LogP contribution in [0.4, 0.5) is 0 Å². The van der Waals surface area contributed by atoms with Gasteiger partial charge in [0, 0.05) is 18.6 Å². The number of phenolic OH excluding ortho intramolecular Hbond substituents is 4. The third-order valence-electron chi connectivity index (χ3n) is 5.62. The molecule has 5 N–H and O–H groups in total. The molecule has 0 bridgehead atoms. The highest BCUT2D eigenvalue weighted by Gasteiger charge is 2.39. The fourth-order valence-electron chi connectivity index (χ4n) is 3.95. The number of benzene rings is 2. The van der Waals surface area contributed by atoms with Crippen molar-refractivity contribution >= 4 is 5.78 Å². The average molecular weight is 466 g/mol. The molecule has 34 heavy (non-hydrogen) atoms. The number of allylic oxidation sites excluding steroid dienone is 2. The third kappa shape index (κ3) is 4.40. The zero-order valence-electron chi connectivity index (χ0n) is 18.1. The van der Waals surface area contributed by atoms with Crippen molar-refractivity contribution in [2.75, 3.05) is 0 Å². The smallest absolute Gasteiger partial charge is 0.343 e. The van der Waals surface area contributed by atoms with Crippen LogP contribution in [0.2, 0.25) is 0 Å². The lowest BCUT2D eigenvalue weighted by Crippen LogP contribution is -2.29. The molecule has 0 saturated carbocycles. The quantitative estimate of drug-likeness (QED) is 0.356. The van der Waals surface area contributed by atoms with Gasteiger partial charge in [0.25, 0.3) is 0 Å². The molecule has 0 unspecified atom stereocenters. The van der Waals surface area contributed by atoms with Gasteiger partial charge in [0.2, 0.25) is 0 Å². The second kappa shape index (κ2) is 8.86. The number of carbonyl (C=O) groups is 1. The molecule has 0 saturated heterocycles. The SMILES string of the molecule is CC1=CC(=O)[C@H](c2c(O)cc(CCc3ccc(O)c(O)c3)oc2=O)[C@@H](c2ccc(O)c(O)c2)O1. The van der Waals surface area contributed by atoms with Gasteiger partial charge in [-0.05, 0) is 48.7 Å². The van der Waals surface area contributed by atoms with Gasteiger partial charge in [-0.25, -0.2) is 4.79 Å². The summed E-state index contributed by atoms with van der Waals surface area (Å²) >= 11 is 0. The Bertz CT molecular complexity index is 1350. The van der Waals surface area contributed by atoms with Gasteiger partial charge in [-0.2, -0.15) is 0 Å². The molecule has 176 valence electrons. The molecule has 0 aliphatic carbocycles. The van der Waals surface area contributed by atoms with Crippen LogP contribution >= 0.6 is 0 Å². The predicted octanol–water partition coefficient (Wildman–Crippen LogP) is 3.28. The first-order valence-electron chi connectivity index (χ1n) is 10.4. The first kappa shape index (κ1) is 22.8. The summed E-state index contributed by atoms with van der Waals surface area (Å²) in [5, 5.41) is 49.2. The van der Waals surface area contributed by atoms with Crippen LogP contribution < -0.4 is 5.63 Å². The number of aromatic hydroxyl groups is 5. The van der Waals surface area contributed by atoms with E-state index < -0.39 is 34.9 Å². The van der Waals surface area contributed by atoms with E-state index in [4.69, 9.17) is 9.15 Å². The maximum absolute atomic E-state index is 12.9. The Balaban J connectivity index is 1.67. The van der Waals surface area contributed by atoms with E-state index in [1.807, 2.05) is 0 Å². The van der Waals surface area contributed by atoms with E-state index in [1.165, 1.54) is 42.5 Å². The van der Waals surface area contributed by atoms with Gasteiger partial charge in [-0.15, -0.1) is 0 Å². The number of aryl methyl sites for hydroxylation is 2. The molecule has 0 amide bonds. The van der Waals surface area contributed by atoms with Gasteiger partial charge >= 0.3 is 5.63 Å². The molecule has 2 heterocycles. The van der Waals surface area contributed by atoms with Crippen molar-refractivity contribution in [2.24, 2.45) is 0 Å². The van der Waals surface area contributed by atoms with Crippen LogP contribution in [0.5, 0.6) is 28.7 Å². The minimum atomic E-state index is -1.24. The van der Waals surface area contributed by atoms with Crippen molar-refractivity contribution in [1.29, 1.82) is 0 Å². The van der Waals surface area contributed by atoms with Crippen LogP contribution in [0, 0.1) is 0 Å². The predicted molar refractivity (Wildman–Crippen MR) is 119 cm³/mol. The Morgan fingerprint density at radius 3 is 2.12 bits per heavy atom. The lowest BCUT2D eigenvalue weighted by Gasteiger charge is -2.30. The van der Waals surface area contributed by atoms with Gasteiger partial charge in [0.1, 0.15) is 17.6 Å². The van der Waals surface area contributed by atoms with Crippen LogP contribution in [-0.4, -0.2) is 31.3 Å². The third-order valence-corrected chi connectivity index (χ3v) is 5.62. The summed E-state index contributed by atoms with van der Waals surface area (Å²) in [6.07, 6.45) is 0.712. The van der Waals surface area contributed by atoms with Crippen LogP contribution in [0.15, 0.2) is 63.5 Å². The largest absolute Gasteiger partial charge is 0.507 e. The summed E-state index contributed by atoms with van der Waals surface area (Å²) in [4.78, 5) is 25.8. The molecular formula is C25H22O9. The number of ether oxygens (including phenoxy) is 1. The molecule has 1 aromatic heterocycles. The van der Waals surface area contributed by atoms with Crippen molar-refractivity contribution in [3.63, 3.8) is 0 Å². The Labute approximate surface area is 193 Å². The topological polar surface area (TPSA) is 158 Å². The molecule has 1 aliphatic heterocycles. The van der Waals surface area contributed by atoms with Crippen molar-refractivity contribution in [3.8, 4) is 28.7 Å². The summed E-state index contributed by atoms with van der Waals surface area (Å²) in [6.45, 7) is 1.56. The van der Waals surface area contributed by atoms with E-state index >= 15 is 0 Å². The van der Waals surface area contributed by atoms with E-state index in [2.05, 4.69) is 0 Å². The maximum Gasteiger partial charge on any atom is 0.343 e. The molecule has 9 heteroatoms. The van der Waals surface area contributed by atoms with Gasteiger partial charge in [0.05, 0.1) is 17.2 Å². The van der Waals surface area contributed by atoms with E-state index in [0.717, 1.165) is 0 Å². The highest BCUT2D eigenvalue weighted by molar-refractivity contribution is 5.97. The molecule has 2 aromatic carbocycles. The molecule has 3 aromatic rings. The van der Waals surface area contributed by atoms with Crippen LogP contribution in [-0.2, 0) is 22.4 Å². The Hall–Kier alpha value is -4.40. The van der Waals surface area contributed by atoms with E-state index in [0.29, 0.717) is 17.5 Å². The summed E-state index contributed by atoms with van der Waals surface area (Å²) in [5.74, 6) is -3.04. The van der Waals surface area contributed by atoms with Crippen LogP contribution in [0.3, 0.4) is 0 Å². The van der Waals surface area contributed by atoms with Crippen molar-refractivity contribution < 1.29 is 39.5 Å². The number of carbonyl (C=O) groups excluding carboxylic acids is 1. The minimum absolute atomic E-state index is 0.161. The van der Waals surface area contributed by atoms with Crippen molar-refractivity contribution in [2.45, 2.75) is 31.8 Å². The number of rotatable bonds is 5. The normalized spacial score (nSPS) is 17.8. The zero-order valence-corrected chi connectivity index (χ0v) is 18.1. The molecule has 9 nitrogen and oxygen atoms in total. The molecule has 0 fully saturated rings. The molecule has 1 aliphatic rings. The highest BCUT2D eigenvalue weighted by Crippen LogP contribution is 2.43. The molecule has 0 spiro atoms. The standard InChI is InChI=1S/C25H22O9/c1-12-8-20(30)22(24(33-12)14-4-7-17(27)19(29)10-14)23-21(31)11-15(34-25(23)32)5-2-13-3-6-16(26)18(28)9-13/h3-4,6-11,22,24,26-29,31H,2,5H2,1H3/t22-,24-/m1/s1. The van der Waals surface area contributed by atoms with E-state index in [1.54, 1.807) is 13.0 Å². The first-order chi connectivity index (χ1) is 16.1. The summed E-state index contributed by atoms with van der Waals surface area (Å²) < 4.78 is 11.2. The molecule has 2 atom stereocenters. The van der Waals surface area contributed by atoms with E-state index in [-0.39, 0.29) is 40.8 Å². The number of ketones is 1. The maximum atomic E-state index is 12.9. The second-order valence-corrected chi connectivity index (χ2v) is 8.04. The van der Waals surface area contributed by atoms with Gasteiger partial charge < -0.3 is 34.7 Å². The molecule has 4 rings (SSSR count).